The van der Waals surface area contributed by atoms with Crippen molar-refractivity contribution in [3.05, 3.63) is 28.8 Å². The third-order valence-corrected chi connectivity index (χ3v) is 8.13. The molecule has 0 radical (unpaired) electrons. The van der Waals surface area contributed by atoms with E-state index in [0.717, 1.165) is 70.5 Å². The molecule has 1 aromatic rings. The summed E-state index contributed by atoms with van der Waals surface area (Å²) in [5.41, 5.74) is 3.81. The van der Waals surface area contributed by atoms with E-state index in [2.05, 4.69) is 17.9 Å². The van der Waals surface area contributed by atoms with E-state index >= 15 is 0 Å². The number of morpholine rings is 1. The first-order valence-corrected chi connectivity index (χ1v) is 10.7. The van der Waals surface area contributed by atoms with Crippen molar-refractivity contribution < 1.29 is 14.6 Å². The van der Waals surface area contributed by atoms with E-state index in [-0.39, 0.29) is 5.41 Å². The van der Waals surface area contributed by atoms with Crippen molar-refractivity contribution in [2.24, 2.45) is 17.3 Å². The Morgan fingerprint density at radius 3 is 2.81 bits per heavy atom. The zero-order valence-electron chi connectivity index (χ0n) is 16.4. The molecule has 1 heterocycles. The molecule has 4 atom stereocenters. The largest absolute Gasteiger partial charge is 0.508 e. The van der Waals surface area contributed by atoms with Gasteiger partial charge in [0, 0.05) is 37.0 Å². The van der Waals surface area contributed by atoms with Crippen molar-refractivity contribution in [3.63, 3.8) is 0 Å². The molecule has 4 unspecified atom stereocenters. The minimum Gasteiger partial charge on any atom is -0.508 e. The highest BCUT2D eigenvalue weighted by Crippen LogP contribution is 2.59. The van der Waals surface area contributed by atoms with Crippen LogP contribution < -0.4 is 0 Å². The van der Waals surface area contributed by atoms with Crippen LogP contribution in [0.1, 0.15) is 61.6 Å². The number of ether oxygens (including phenoxy) is 1. The molecule has 0 aromatic heterocycles. The van der Waals surface area contributed by atoms with Crippen molar-refractivity contribution >= 4 is 5.78 Å². The number of rotatable bonds is 2. The van der Waals surface area contributed by atoms with Crippen LogP contribution in [0.3, 0.4) is 0 Å². The summed E-state index contributed by atoms with van der Waals surface area (Å²) in [4.78, 5) is 14.9. The number of ketones is 1. The van der Waals surface area contributed by atoms with E-state index in [9.17, 15) is 9.90 Å². The Bertz CT molecular complexity index is 754. The summed E-state index contributed by atoms with van der Waals surface area (Å²) in [5.74, 6) is 2.74. The highest BCUT2D eigenvalue weighted by molar-refractivity contribution is 5.87. The smallest absolute Gasteiger partial charge is 0.139 e. The molecule has 146 valence electrons. The predicted molar refractivity (Wildman–Crippen MR) is 104 cm³/mol. The predicted octanol–water partition coefficient (Wildman–Crippen LogP) is 3.65. The van der Waals surface area contributed by atoms with Gasteiger partial charge in [-0.3, -0.25) is 9.69 Å². The molecule has 4 aliphatic rings. The zero-order chi connectivity index (χ0) is 18.6. The molecular formula is C23H31NO3. The van der Waals surface area contributed by atoms with Crippen LogP contribution >= 0.6 is 0 Å². The number of aryl methyl sites for hydroxylation is 1. The summed E-state index contributed by atoms with van der Waals surface area (Å²) in [6, 6.07) is 4.34. The second kappa shape index (κ2) is 6.59. The van der Waals surface area contributed by atoms with Crippen molar-refractivity contribution in [3.8, 4) is 5.75 Å². The molecule has 0 bridgehead atoms. The maximum Gasteiger partial charge on any atom is 0.139 e. The van der Waals surface area contributed by atoms with Crippen molar-refractivity contribution in [2.45, 2.75) is 57.9 Å². The third kappa shape index (κ3) is 2.84. The number of fused-ring (bicyclic) bond motifs is 5. The molecule has 1 saturated heterocycles. The first-order chi connectivity index (χ1) is 13.1. The standard InChI is InChI=1S/C23H31NO3/c1-23-7-6-17-18(20(23)4-5-22(23)26)3-2-15-13-21(25)16(12-19(15)17)14-24-8-10-27-11-9-24/h12-13,17-18,20,25H,2-11,14H2,1H3. The number of benzene rings is 1. The fraction of sp³-hybridized carbons (Fsp3) is 0.696. The average molecular weight is 370 g/mol. The lowest BCUT2D eigenvalue weighted by Gasteiger charge is -2.48. The van der Waals surface area contributed by atoms with Crippen LogP contribution in [0.5, 0.6) is 5.75 Å². The van der Waals surface area contributed by atoms with Crippen LogP contribution in [0.4, 0.5) is 0 Å². The van der Waals surface area contributed by atoms with E-state index in [1.165, 1.54) is 17.5 Å². The summed E-state index contributed by atoms with van der Waals surface area (Å²) >= 11 is 0. The van der Waals surface area contributed by atoms with Crippen LogP contribution in [0, 0.1) is 17.3 Å². The second-order valence-electron chi connectivity index (χ2n) is 9.40. The van der Waals surface area contributed by atoms with Gasteiger partial charge in [-0.05, 0) is 67.1 Å². The minimum atomic E-state index is -0.0633. The van der Waals surface area contributed by atoms with Crippen molar-refractivity contribution in [1.82, 2.24) is 4.90 Å². The van der Waals surface area contributed by atoms with Gasteiger partial charge in [0.15, 0.2) is 0 Å². The van der Waals surface area contributed by atoms with E-state index in [4.69, 9.17) is 4.74 Å². The first-order valence-electron chi connectivity index (χ1n) is 10.7. The molecule has 1 N–H and O–H groups in total. The fourth-order valence-electron chi connectivity index (χ4n) is 6.55. The SMILES string of the molecule is CC12CCC3c4cc(CN5CCOCC5)c(O)cc4CCC3C1CCC2=O. The Kier molecular flexibility index (Phi) is 4.32. The summed E-state index contributed by atoms with van der Waals surface area (Å²) in [6.45, 7) is 6.48. The number of carbonyl (C=O) groups is 1. The molecule has 3 fully saturated rings. The number of phenolic OH excluding ortho intramolecular Hbond substituents is 1. The summed E-state index contributed by atoms with van der Waals surface area (Å²) in [7, 11) is 0. The average Bonchev–Trinajstić information content (AvgIpc) is 2.98. The van der Waals surface area contributed by atoms with Crippen molar-refractivity contribution in [2.75, 3.05) is 26.3 Å². The normalized spacial score (nSPS) is 36.2. The van der Waals surface area contributed by atoms with Crippen LogP contribution in [0.25, 0.3) is 0 Å². The minimum absolute atomic E-state index is 0.0633. The van der Waals surface area contributed by atoms with Gasteiger partial charge in [-0.2, -0.15) is 0 Å². The van der Waals surface area contributed by atoms with Crippen LogP contribution in [0.2, 0.25) is 0 Å². The monoisotopic (exact) mass is 369 g/mol. The highest BCUT2D eigenvalue weighted by atomic mass is 16.5. The van der Waals surface area contributed by atoms with Gasteiger partial charge in [0.05, 0.1) is 13.2 Å². The van der Waals surface area contributed by atoms with Crippen molar-refractivity contribution in [1.29, 1.82) is 0 Å². The Labute approximate surface area is 161 Å². The number of nitrogens with zero attached hydrogens (tertiary/aromatic N) is 1. The number of hydrogen-bond donors (Lipinski definition) is 1. The Morgan fingerprint density at radius 2 is 2.00 bits per heavy atom. The van der Waals surface area contributed by atoms with E-state index < -0.39 is 0 Å². The lowest BCUT2D eigenvalue weighted by atomic mass is 9.55. The quantitative estimate of drug-likeness (QED) is 0.865. The molecule has 4 heteroatoms. The van der Waals surface area contributed by atoms with Gasteiger partial charge in [0.25, 0.3) is 0 Å². The van der Waals surface area contributed by atoms with E-state index in [1.807, 2.05) is 6.07 Å². The van der Waals surface area contributed by atoms with Gasteiger partial charge in [0.1, 0.15) is 11.5 Å². The number of carbonyl (C=O) groups excluding carboxylic acids is 1. The summed E-state index contributed by atoms with van der Waals surface area (Å²) < 4.78 is 5.46. The second-order valence-corrected chi connectivity index (χ2v) is 9.40. The summed E-state index contributed by atoms with van der Waals surface area (Å²) in [6.07, 6.45) is 6.25. The molecule has 27 heavy (non-hydrogen) atoms. The molecule has 0 amide bonds. The zero-order valence-corrected chi connectivity index (χ0v) is 16.4. The van der Waals surface area contributed by atoms with Gasteiger partial charge < -0.3 is 9.84 Å². The Hall–Kier alpha value is -1.39. The maximum atomic E-state index is 12.5. The van der Waals surface area contributed by atoms with E-state index in [0.29, 0.717) is 29.3 Å². The van der Waals surface area contributed by atoms with Gasteiger partial charge in [0.2, 0.25) is 0 Å². The maximum absolute atomic E-state index is 12.5. The molecular weight excluding hydrogens is 338 g/mol. The number of phenols is 1. The van der Waals surface area contributed by atoms with Gasteiger partial charge in [-0.25, -0.2) is 0 Å². The molecule has 2 saturated carbocycles. The topological polar surface area (TPSA) is 49.8 Å². The van der Waals surface area contributed by atoms with E-state index in [1.54, 1.807) is 0 Å². The molecule has 4 nitrogen and oxygen atoms in total. The highest BCUT2D eigenvalue weighted by Gasteiger charge is 2.54. The summed E-state index contributed by atoms with van der Waals surface area (Å²) in [5, 5.41) is 10.6. The van der Waals surface area contributed by atoms with Crippen LogP contribution in [-0.2, 0) is 22.5 Å². The van der Waals surface area contributed by atoms with Gasteiger partial charge >= 0.3 is 0 Å². The first kappa shape index (κ1) is 17.7. The lowest BCUT2D eigenvalue weighted by Crippen LogP contribution is -2.42. The molecule has 5 rings (SSSR count). The van der Waals surface area contributed by atoms with Crippen LogP contribution in [-0.4, -0.2) is 42.1 Å². The number of hydrogen-bond acceptors (Lipinski definition) is 4. The number of Topliss-reactive ketones (excluding diaryl/α,β-unsaturated/α-hetero) is 1. The van der Waals surface area contributed by atoms with Crippen LogP contribution in [0.15, 0.2) is 12.1 Å². The van der Waals surface area contributed by atoms with Gasteiger partial charge in [-0.1, -0.05) is 13.0 Å². The molecule has 1 aromatic carbocycles. The Morgan fingerprint density at radius 1 is 1.19 bits per heavy atom. The molecule has 0 spiro atoms. The third-order valence-electron chi connectivity index (χ3n) is 8.13. The molecule has 1 aliphatic heterocycles. The molecule has 3 aliphatic carbocycles. The lowest BCUT2D eigenvalue weighted by molar-refractivity contribution is -0.129. The Balaban J connectivity index is 1.44. The number of aromatic hydroxyl groups is 1. The van der Waals surface area contributed by atoms with Gasteiger partial charge in [-0.15, -0.1) is 0 Å². The fourth-order valence-corrected chi connectivity index (χ4v) is 6.55.